The maximum absolute atomic E-state index is 12.7. The number of anilines is 1. The highest BCUT2D eigenvalue weighted by atomic mass is 16.5. The third-order valence-electron chi connectivity index (χ3n) is 5.41. The highest BCUT2D eigenvalue weighted by molar-refractivity contribution is 5.86. The van der Waals surface area contributed by atoms with Gasteiger partial charge in [-0.15, -0.1) is 0 Å². The summed E-state index contributed by atoms with van der Waals surface area (Å²) in [6.45, 7) is 7.60. The molecule has 1 unspecified atom stereocenters. The Kier molecular flexibility index (Phi) is 6.11. The molecule has 0 bridgehead atoms. The molecule has 2 aliphatic heterocycles. The summed E-state index contributed by atoms with van der Waals surface area (Å²) in [4.78, 5) is 23.4. The number of nitrogens with zero attached hydrogens (tertiary/aromatic N) is 4. The number of likely N-dealkylation sites (tertiary alicyclic amines) is 1. The fraction of sp³-hybridized carbons (Fsp3) is 0.684. The van der Waals surface area contributed by atoms with Crippen molar-refractivity contribution in [2.75, 3.05) is 64.4 Å². The van der Waals surface area contributed by atoms with Crippen LogP contribution >= 0.6 is 0 Å². The first-order valence-corrected chi connectivity index (χ1v) is 9.43. The lowest BCUT2D eigenvalue weighted by molar-refractivity contribution is -0.160. The second kappa shape index (κ2) is 8.33. The Hall–Kier alpha value is -1.70. The van der Waals surface area contributed by atoms with Gasteiger partial charge in [0, 0.05) is 59.1 Å². The smallest absolute Gasteiger partial charge is 0.255 e. The molecule has 2 aliphatic rings. The van der Waals surface area contributed by atoms with Crippen LogP contribution in [0.3, 0.4) is 0 Å². The monoisotopic (exact) mass is 362 g/mol. The van der Waals surface area contributed by atoms with Crippen LogP contribution in [0.5, 0.6) is 0 Å². The second-order valence-electron chi connectivity index (χ2n) is 7.33. The Morgan fingerprint density at radius 2 is 2.04 bits per heavy atom. The van der Waals surface area contributed by atoms with Gasteiger partial charge in [-0.3, -0.25) is 9.69 Å². The lowest BCUT2D eigenvalue weighted by Crippen LogP contribution is -2.61. The van der Waals surface area contributed by atoms with Crippen molar-refractivity contribution >= 4 is 11.7 Å². The first-order valence-electron chi connectivity index (χ1n) is 9.43. The van der Waals surface area contributed by atoms with Gasteiger partial charge < -0.3 is 19.6 Å². The van der Waals surface area contributed by atoms with Gasteiger partial charge in [0.2, 0.25) is 0 Å². The minimum atomic E-state index is -1.27. The summed E-state index contributed by atoms with van der Waals surface area (Å²) in [7, 11) is 1.63. The number of methoxy groups -OCH3 is 1. The predicted molar refractivity (Wildman–Crippen MR) is 100 cm³/mol. The van der Waals surface area contributed by atoms with Crippen LogP contribution in [0.2, 0.25) is 0 Å². The van der Waals surface area contributed by atoms with Gasteiger partial charge in [0.25, 0.3) is 5.91 Å². The number of carbonyl (C=O) groups is 1. The Labute approximate surface area is 155 Å². The fourth-order valence-electron chi connectivity index (χ4n) is 3.92. The molecule has 0 aromatic carbocycles. The summed E-state index contributed by atoms with van der Waals surface area (Å²) in [6.07, 6.45) is 3.20. The summed E-state index contributed by atoms with van der Waals surface area (Å²) >= 11 is 0. The molecule has 7 nitrogen and oxygen atoms in total. The van der Waals surface area contributed by atoms with Gasteiger partial charge in [0.05, 0.1) is 6.61 Å². The number of β-amino-alcohol motifs (C(OH)–C–C–N with tert-alkyl or cyclic N) is 1. The molecule has 144 valence electrons. The van der Waals surface area contributed by atoms with Crippen molar-refractivity contribution in [3.63, 3.8) is 0 Å². The summed E-state index contributed by atoms with van der Waals surface area (Å²) < 4.78 is 5.08. The normalized spacial score (nSPS) is 25.0. The number of ether oxygens (including phenoxy) is 1. The Morgan fingerprint density at radius 1 is 1.27 bits per heavy atom. The summed E-state index contributed by atoms with van der Waals surface area (Å²) in [5.41, 5.74) is -0.0921. The SMILES string of the molecule is COCCN1CCCC(O)(CN2CCN(c3ncccc3C)CC2)C1=O. The van der Waals surface area contributed by atoms with E-state index in [2.05, 4.69) is 27.8 Å². The predicted octanol–water partition coefficient (Wildman–Crippen LogP) is 0.512. The average molecular weight is 362 g/mol. The zero-order valence-corrected chi connectivity index (χ0v) is 15.9. The summed E-state index contributed by atoms with van der Waals surface area (Å²) in [5, 5.41) is 11.0. The molecule has 0 spiro atoms. The van der Waals surface area contributed by atoms with E-state index in [1.54, 1.807) is 12.0 Å². The van der Waals surface area contributed by atoms with E-state index in [0.29, 0.717) is 32.7 Å². The number of hydrogen-bond acceptors (Lipinski definition) is 6. The largest absolute Gasteiger partial charge is 0.383 e. The molecule has 1 aromatic rings. The van der Waals surface area contributed by atoms with Crippen molar-refractivity contribution in [3.05, 3.63) is 23.9 Å². The number of hydrogen-bond donors (Lipinski definition) is 1. The minimum Gasteiger partial charge on any atom is -0.383 e. The Morgan fingerprint density at radius 3 is 2.73 bits per heavy atom. The molecule has 0 radical (unpaired) electrons. The topological polar surface area (TPSA) is 69.1 Å². The van der Waals surface area contributed by atoms with Crippen LogP contribution in [0, 0.1) is 6.92 Å². The highest BCUT2D eigenvalue weighted by Crippen LogP contribution is 2.25. The molecule has 1 aromatic heterocycles. The molecule has 2 saturated heterocycles. The standard InChI is InChI=1S/C19H30N4O3/c1-16-5-3-7-20-17(16)22-11-9-21(10-12-22)15-19(25)6-4-8-23(18(19)24)13-14-26-2/h3,5,7,25H,4,6,8-15H2,1-2H3. The van der Waals surface area contributed by atoms with Crippen LogP contribution in [0.4, 0.5) is 5.82 Å². The first-order chi connectivity index (χ1) is 12.5. The zero-order valence-electron chi connectivity index (χ0n) is 15.9. The quantitative estimate of drug-likeness (QED) is 0.795. The molecule has 1 amide bonds. The van der Waals surface area contributed by atoms with Gasteiger partial charge in [0.15, 0.2) is 5.60 Å². The van der Waals surface area contributed by atoms with Crippen molar-refractivity contribution in [1.29, 1.82) is 0 Å². The fourth-order valence-corrected chi connectivity index (χ4v) is 3.92. The number of piperazine rings is 1. The van der Waals surface area contributed by atoms with Gasteiger partial charge in [-0.25, -0.2) is 4.98 Å². The van der Waals surface area contributed by atoms with Gasteiger partial charge >= 0.3 is 0 Å². The molecule has 3 rings (SSSR count). The van der Waals surface area contributed by atoms with Crippen LogP contribution in [-0.2, 0) is 9.53 Å². The third kappa shape index (κ3) is 4.16. The van der Waals surface area contributed by atoms with Crippen molar-refractivity contribution in [1.82, 2.24) is 14.8 Å². The number of piperidine rings is 1. The van der Waals surface area contributed by atoms with Crippen LogP contribution < -0.4 is 4.90 Å². The highest BCUT2D eigenvalue weighted by Gasteiger charge is 2.43. The zero-order chi connectivity index (χ0) is 18.6. The molecule has 7 heteroatoms. The minimum absolute atomic E-state index is 0.149. The number of pyridine rings is 1. The lowest BCUT2D eigenvalue weighted by Gasteiger charge is -2.43. The van der Waals surface area contributed by atoms with Crippen LogP contribution in [0.15, 0.2) is 18.3 Å². The van der Waals surface area contributed by atoms with Gasteiger partial charge in [0.1, 0.15) is 5.82 Å². The third-order valence-corrected chi connectivity index (χ3v) is 5.41. The van der Waals surface area contributed by atoms with Gasteiger partial charge in [-0.1, -0.05) is 6.07 Å². The van der Waals surface area contributed by atoms with E-state index >= 15 is 0 Å². The summed E-state index contributed by atoms with van der Waals surface area (Å²) in [5.74, 6) is 0.883. The molecule has 2 fully saturated rings. The number of amides is 1. The van der Waals surface area contributed by atoms with Crippen molar-refractivity contribution < 1.29 is 14.6 Å². The van der Waals surface area contributed by atoms with E-state index in [1.165, 1.54) is 5.56 Å². The second-order valence-corrected chi connectivity index (χ2v) is 7.33. The van der Waals surface area contributed by atoms with Crippen molar-refractivity contribution in [2.24, 2.45) is 0 Å². The van der Waals surface area contributed by atoms with E-state index in [4.69, 9.17) is 4.74 Å². The van der Waals surface area contributed by atoms with Crippen LogP contribution in [0.25, 0.3) is 0 Å². The molecule has 1 N–H and O–H groups in total. The van der Waals surface area contributed by atoms with E-state index in [-0.39, 0.29) is 5.91 Å². The Bertz CT molecular complexity index is 619. The number of carbonyl (C=O) groups excluding carboxylic acids is 1. The lowest BCUT2D eigenvalue weighted by atomic mass is 9.91. The van der Waals surface area contributed by atoms with Gasteiger partial charge in [-0.05, 0) is 31.4 Å². The molecular formula is C19H30N4O3. The number of aliphatic hydroxyl groups is 1. The number of aromatic nitrogens is 1. The van der Waals surface area contributed by atoms with Crippen molar-refractivity contribution in [3.8, 4) is 0 Å². The summed E-state index contributed by atoms with van der Waals surface area (Å²) in [6, 6.07) is 4.03. The van der Waals surface area contributed by atoms with E-state index in [1.807, 2.05) is 12.3 Å². The van der Waals surface area contributed by atoms with Gasteiger partial charge in [-0.2, -0.15) is 0 Å². The number of aryl methyl sites for hydroxylation is 1. The van der Waals surface area contributed by atoms with Crippen LogP contribution in [0.1, 0.15) is 18.4 Å². The Balaban J connectivity index is 1.56. The van der Waals surface area contributed by atoms with E-state index in [0.717, 1.165) is 38.4 Å². The first kappa shape index (κ1) is 19.1. The molecule has 1 atom stereocenters. The molecule has 26 heavy (non-hydrogen) atoms. The van der Waals surface area contributed by atoms with Crippen LogP contribution in [-0.4, -0.2) is 90.9 Å². The molecule has 0 aliphatic carbocycles. The molecule has 0 saturated carbocycles. The molecule has 3 heterocycles. The average Bonchev–Trinajstić information content (AvgIpc) is 2.64. The van der Waals surface area contributed by atoms with E-state index in [9.17, 15) is 9.90 Å². The maximum Gasteiger partial charge on any atom is 0.255 e. The van der Waals surface area contributed by atoms with E-state index < -0.39 is 5.60 Å². The maximum atomic E-state index is 12.7. The van der Waals surface area contributed by atoms with Crippen molar-refractivity contribution in [2.45, 2.75) is 25.4 Å². The molecular weight excluding hydrogens is 332 g/mol. The number of rotatable bonds is 6.